The lowest BCUT2D eigenvalue weighted by atomic mass is 10.0. The van der Waals surface area contributed by atoms with E-state index in [9.17, 15) is 0 Å². The molecule has 1 heterocycles. The summed E-state index contributed by atoms with van der Waals surface area (Å²) in [5.74, 6) is 1.73. The molecule has 0 bridgehead atoms. The number of ether oxygens (including phenoxy) is 1. The van der Waals surface area contributed by atoms with Gasteiger partial charge in [-0.3, -0.25) is 0 Å². The SMILES string of the molecule is COc1ccc(C2C=C(N)NC2)cc1Cl. The minimum Gasteiger partial charge on any atom is -0.495 e. The van der Waals surface area contributed by atoms with E-state index in [0.717, 1.165) is 17.9 Å². The van der Waals surface area contributed by atoms with Crippen molar-refractivity contribution in [3.8, 4) is 5.75 Å². The summed E-state index contributed by atoms with van der Waals surface area (Å²) < 4.78 is 5.10. The fourth-order valence-electron chi connectivity index (χ4n) is 1.69. The Balaban J connectivity index is 2.27. The van der Waals surface area contributed by atoms with Crippen LogP contribution in [0.5, 0.6) is 5.75 Å². The highest BCUT2D eigenvalue weighted by Gasteiger charge is 2.16. The number of benzene rings is 1. The Hall–Kier alpha value is -1.35. The first kappa shape index (κ1) is 10.2. The number of nitrogens with two attached hydrogens (primary N) is 1. The number of hydrogen-bond donors (Lipinski definition) is 2. The van der Waals surface area contributed by atoms with Crippen molar-refractivity contribution >= 4 is 11.6 Å². The second-order valence-corrected chi connectivity index (χ2v) is 3.91. The Morgan fingerprint density at radius 1 is 1.53 bits per heavy atom. The Bertz CT molecular complexity index is 404. The fourth-order valence-corrected chi connectivity index (χ4v) is 1.96. The molecule has 1 aliphatic heterocycles. The molecule has 0 saturated carbocycles. The molecule has 15 heavy (non-hydrogen) atoms. The summed E-state index contributed by atoms with van der Waals surface area (Å²) in [7, 11) is 1.61. The Morgan fingerprint density at radius 2 is 2.33 bits per heavy atom. The molecule has 0 radical (unpaired) electrons. The summed E-state index contributed by atoms with van der Waals surface area (Å²) in [5.41, 5.74) is 6.80. The summed E-state index contributed by atoms with van der Waals surface area (Å²) in [6.45, 7) is 0.828. The van der Waals surface area contributed by atoms with Crippen LogP contribution in [0, 0.1) is 0 Å². The Morgan fingerprint density at radius 3 is 2.87 bits per heavy atom. The van der Waals surface area contributed by atoms with Crippen LogP contribution in [0.25, 0.3) is 0 Å². The minimum absolute atomic E-state index is 0.299. The maximum absolute atomic E-state index is 6.05. The molecule has 0 fully saturated rings. The molecule has 0 spiro atoms. The summed E-state index contributed by atoms with van der Waals surface area (Å²) in [6.07, 6.45) is 2.00. The van der Waals surface area contributed by atoms with Crippen molar-refractivity contribution in [1.82, 2.24) is 5.32 Å². The summed E-state index contributed by atoms with van der Waals surface area (Å²) in [6, 6.07) is 5.80. The van der Waals surface area contributed by atoms with Crippen LogP contribution in [-0.4, -0.2) is 13.7 Å². The second-order valence-electron chi connectivity index (χ2n) is 3.50. The lowest BCUT2D eigenvalue weighted by Crippen LogP contribution is -2.15. The Labute approximate surface area is 93.9 Å². The normalized spacial score (nSPS) is 19.6. The molecule has 2 rings (SSSR count). The predicted molar refractivity (Wildman–Crippen MR) is 61.0 cm³/mol. The van der Waals surface area contributed by atoms with E-state index in [1.54, 1.807) is 7.11 Å². The van der Waals surface area contributed by atoms with Gasteiger partial charge in [-0.1, -0.05) is 17.7 Å². The van der Waals surface area contributed by atoms with Crippen LogP contribution in [-0.2, 0) is 0 Å². The van der Waals surface area contributed by atoms with Crippen LogP contribution < -0.4 is 15.8 Å². The molecule has 0 aliphatic carbocycles. The van der Waals surface area contributed by atoms with E-state index in [4.69, 9.17) is 22.1 Å². The fraction of sp³-hybridized carbons (Fsp3) is 0.273. The number of rotatable bonds is 2. The molecule has 4 heteroatoms. The lowest BCUT2D eigenvalue weighted by molar-refractivity contribution is 0.415. The van der Waals surface area contributed by atoms with Gasteiger partial charge in [-0.15, -0.1) is 0 Å². The Kier molecular flexibility index (Phi) is 2.73. The molecule has 3 N–H and O–H groups in total. The third-order valence-corrected chi connectivity index (χ3v) is 2.81. The van der Waals surface area contributed by atoms with Gasteiger partial charge in [-0.2, -0.15) is 0 Å². The van der Waals surface area contributed by atoms with Crippen molar-refractivity contribution in [2.45, 2.75) is 5.92 Å². The average molecular weight is 225 g/mol. The zero-order valence-corrected chi connectivity index (χ0v) is 9.21. The molecule has 0 saturated heterocycles. The quantitative estimate of drug-likeness (QED) is 0.806. The highest BCUT2D eigenvalue weighted by Crippen LogP contribution is 2.29. The first-order valence-corrected chi connectivity index (χ1v) is 5.13. The number of nitrogens with one attached hydrogen (secondary N) is 1. The lowest BCUT2D eigenvalue weighted by Gasteiger charge is -2.09. The smallest absolute Gasteiger partial charge is 0.137 e. The minimum atomic E-state index is 0.299. The van der Waals surface area contributed by atoms with Crippen LogP contribution >= 0.6 is 11.6 Å². The molecular formula is C11H13ClN2O. The topological polar surface area (TPSA) is 47.3 Å². The monoisotopic (exact) mass is 224 g/mol. The number of halogens is 1. The summed E-state index contributed by atoms with van der Waals surface area (Å²) in [5, 5.41) is 3.71. The number of methoxy groups -OCH3 is 1. The van der Waals surface area contributed by atoms with Gasteiger partial charge in [0, 0.05) is 12.5 Å². The van der Waals surface area contributed by atoms with Gasteiger partial charge in [-0.05, 0) is 23.8 Å². The van der Waals surface area contributed by atoms with Crippen LogP contribution in [0.3, 0.4) is 0 Å². The van der Waals surface area contributed by atoms with Crippen LogP contribution in [0.4, 0.5) is 0 Å². The third-order valence-electron chi connectivity index (χ3n) is 2.51. The van der Waals surface area contributed by atoms with Gasteiger partial charge in [0.2, 0.25) is 0 Å². The zero-order chi connectivity index (χ0) is 10.8. The molecule has 1 aromatic rings. The first-order valence-electron chi connectivity index (χ1n) is 4.75. The van der Waals surface area contributed by atoms with Crippen molar-refractivity contribution in [3.05, 3.63) is 40.7 Å². The highest BCUT2D eigenvalue weighted by molar-refractivity contribution is 6.32. The van der Waals surface area contributed by atoms with E-state index in [0.29, 0.717) is 16.7 Å². The predicted octanol–water partition coefficient (Wildman–Crippen LogP) is 1.84. The summed E-state index contributed by atoms with van der Waals surface area (Å²) >= 11 is 6.05. The summed E-state index contributed by atoms with van der Waals surface area (Å²) in [4.78, 5) is 0. The standard InChI is InChI=1S/C11H13ClN2O/c1-15-10-3-2-7(4-9(10)12)8-5-11(13)14-6-8/h2-5,8,14H,6,13H2,1H3. The average Bonchev–Trinajstić information content (AvgIpc) is 2.65. The van der Waals surface area contributed by atoms with Gasteiger partial charge in [0.25, 0.3) is 0 Å². The molecule has 3 nitrogen and oxygen atoms in total. The van der Waals surface area contributed by atoms with Crippen molar-refractivity contribution in [1.29, 1.82) is 0 Å². The maximum atomic E-state index is 6.05. The van der Waals surface area contributed by atoms with Crippen molar-refractivity contribution < 1.29 is 4.74 Å². The molecule has 1 atom stereocenters. The van der Waals surface area contributed by atoms with E-state index in [1.807, 2.05) is 24.3 Å². The second kappa shape index (κ2) is 4.03. The van der Waals surface area contributed by atoms with Crippen LogP contribution in [0.2, 0.25) is 5.02 Å². The van der Waals surface area contributed by atoms with Crippen LogP contribution in [0.1, 0.15) is 11.5 Å². The molecule has 0 amide bonds. The van der Waals surface area contributed by atoms with Gasteiger partial charge in [0.15, 0.2) is 0 Å². The van der Waals surface area contributed by atoms with E-state index in [-0.39, 0.29) is 0 Å². The van der Waals surface area contributed by atoms with Gasteiger partial charge >= 0.3 is 0 Å². The van der Waals surface area contributed by atoms with Crippen LogP contribution in [0.15, 0.2) is 30.1 Å². The molecule has 1 aromatic carbocycles. The molecule has 0 aromatic heterocycles. The van der Waals surface area contributed by atoms with Crippen molar-refractivity contribution in [2.24, 2.45) is 5.73 Å². The van der Waals surface area contributed by atoms with Crippen molar-refractivity contribution in [3.63, 3.8) is 0 Å². The van der Waals surface area contributed by atoms with E-state index < -0.39 is 0 Å². The molecular weight excluding hydrogens is 212 g/mol. The van der Waals surface area contributed by atoms with Gasteiger partial charge in [-0.25, -0.2) is 0 Å². The van der Waals surface area contributed by atoms with E-state index in [1.165, 1.54) is 0 Å². The van der Waals surface area contributed by atoms with E-state index >= 15 is 0 Å². The molecule has 1 aliphatic rings. The van der Waals surface area contributed by atoms with E-state index in [2.05, 4.69) is 5.32 Å². The van der Waals surface area contributed by atoms with Gasteiger partial charge in [0.1, 0.15) is 5.75 Å². The van der Waals surface area contributed by atoms with Crippen molar-refractivity contribution in [2.75, 3.05) is 13.7 Å². The zero-order valence-electron chi connectivity index (χ0n) is 8.46. The highest BCUT2D eigenvalue weighted by atomic mass is 35.5. The number of hydrogen-bond acceptors (Lipinski definition) is 3. The maximum Gasteiger partial charge on any atom is 0.137 e. The van der Waals surface area contributed by atoms with Gasteiger partial charge in [0.05, 0.1) is 18.0 Å². The first-order chi connectivity index (χ1) is 7.20. The molecule has 80 valence electrons. The molecule has 1 unspecified atom stereocenters. The third kappa shape index (κ3) is 2.02. The van der Waals surface area contributed by atoms with Gasteiger partial charge < -0.3 is 15.8 Å². The largest absolute Gasteiger partial charge is 0.495 e.